The standard InChI is InChI=1S/C16H28N2/c1-5-8-18-16(14(4)10-13(2)3)11-15-7-6-9-17-12-15/h6-7,9,12-14,16,18H,5,8,10-11H2,1-4H3. The predicted molar refractivity (Wildman–Crippen MR) is 78.6 cm³/mol. The van der Waals surface area contributed by atoms with Gasteiger partial charge in [-0.2, -0.15) is 0 Å². The summed E-state index contributed by atoms with van der Waals surface area (Å²) in [6.07, 6.45) is 7.39. The Bertz CT molecular complexity index is 308. The highest BCUT2D eigenvalue weighted by atomic mass is 14.9. The summed E-state index contributed by atoms with van der Waals surface area (Å²) in [5.41, 5.74) is 1.33. The lowest BCUT2D eigenvalue weighted by molar-refractivity contribution is 0.321. The largest absolute Gasteiger partial charge is 0.313 e. The molecule has 1 heterocycles. The van der Waals surface area contributed by atoms with Crippen molar-refractivity contribution >= 4 is 0 Å². The van der Waals surface area contributed by atoms with Crippen LogP contribution in [0.4, 0.5) is 0 Å². The van der Waals surface area contributed by atoms with E-state index in [-0.39, 0.29) is 0 Å². The van der Waals surface area contributed by atoms with E-state index in [0.717, 1.165) is 18.9 Å². The molecule has 2 atom stereocenters. The quantitative estimate of drug-likeness (QED) is 0.759. The molecular weight excluding hydrogens is 220 g/mol. The molecule has 0 bridgehead atoms. The first kappa shape index (κ1) is 15.2. The van der Waals surface area contributed by atoms with Gasteiger partial charge in [-0.15, -0.1) is 0 Å². The summed E-state index contributed by atoms with van der Waals surface area (Å²) in [5.74, 6) is 1.47. The molecule has 2 nitrogen and oxygen atoms in total. The first-order valence-electron chi connectivity index (χ1n) is 7.25. The van der Waals surface area contributed by atoms with Crippen LogP contribution in [0, 0.1) is 11.8 Å². The minimum atomic E-state index is 0.566. The van der Waals surface area contributed by atoms with Gasteiger partial charge in [-0.1, -0.05) is 33.8 Å². The Hall–Kier alpha value is -0.890. The van der Waals surface area contributed by atoms with E-state index in [4.69, 9.17) is 0 Å². The molecule has 1 aromatic rings. The van der Waals surface area contributed by atoms with E-state index in [1.807, 2.05) is 18.5 Å². The second-order valence-corrected chi connectivity index (χ2v) is 5.73. The number of hydrogen-bond donors (Lipinski definition) is 1. The molecular formula is C16H28N2. The number of pyridine rings is 1. The molecule has 1 aromatic heterocycles. The van der Waals surface area contributed by atoms with Crippen LogP contribution in [0.3, 0.4) is 0 Å². The minimum absolute atomic E-state index is 0.566. The van der Waals surface area contributed by atoms with E-state index in [9.17, 15) is 0 Å². The fourth-order valence-corrected chi connectivity index (χ4v) is 2.48. The van der Waals surface area contributed by atoms with E-state index in [1.54, 1.807) is 0 Å². The Morgan fingerprint density at radius 3 is 2.61 bits per heavy atom. The summed E-state index contributed by atoms with van der Waals surface area (Å²) in [5, 5.41) is 3.70. The van der Waals surface area contributed by atoms with E-state index in [2.05, 4.69) is 44.1 Å². The monoisotopic (exact) mass is 248 g/mol. The molecule has 1 rings (SSSR count). The van der Waals surface area contributed by atoms with E-state index < -0.39 is 0 Å². The van der Waals surface area contributed by atoms with Crippen LogP contribution in [0.1, 0.15) is 46.1 Å². The van der Waals surface area contributed by atoms with Crippen molar-refractivity contribution in [3.8, 4) is 0 Å². The fraction of sp³-hybridized carbons (Fsp3) is 0.688. The van der Waals surface area contributed by atoms with Crippen LogP contribution in [0.2, 0.25) is 0 Å². The summed E-state index contributed by atoms with van der Waals surface area (Å²) in [6, 6.07) is 4.77. The maximum absolute atomic E-state index is 4.21. The highest BCUT2D eigenvalue weighted by Crippen LogP contribution is 2.18. The number of hydrogen-bond acceptors (Lipinski definition) is 2. The molecule has 0 amide bonds. The number of aromatic nitrogens is 1. The Morgan fingerprint density at radius 2 is 2.06 bits per heavy atom. The molecule has 0 spiro atoms. The smallest absolute Gasteiger partial charge is 0.0300 e. The zero-order chi connectivity index (χ0) is 13.4. The van der Waals surface area contributed by atoms with Crippen molar-refractivity contribution in [2.45, 2.75) is 53.0 Å². The van der Waals surface area contributed by atoms with Gasteiger partial charge in [-0.25, -0.2) is 0 Å². The Balaban J connectivity index is 2.59. The average Bonchev–Trinajstić information content (AvgIpc) is 2.34. The third-order valence-electron chi connectivity index (χ3n) is 3.37. The van der Waals surface area contributed by atoms with Crippen molar-refractivity contribution in [3.05, 3.63) is 30.1 Å². The topological polar surface area (TPSA) is 24.9 Å². The van der Waals surface area contributed by atoms with Gasteiger partial charge in [0, 0.05) is 18.4 Å². The number of rotatable bonds is 8. The molecule has 0 aliphatic rings. The van der Waals surface area contributed by atoms with Crippen LogP contribution in [-0.4, -0.2) is 17.6 Å². The SMILES string of the molecule is CCCNC(Cc1cccnc1)C(C)CC(C)C. The van der Waals surface area contributed by atoms with Gasteiger partial charge in [0.2, 0.25) is 0 Å². The highest BCUT2D eigenvalue weighted by Gasteiger charge is 2.18. The van der Waals surface area contributed by atoms with Gasteiger partial charge in [-0.3, -0.25) is 4.98 Å². The lowest BCUT2D eigenvalue weighted by Gasteiger charge is -2.26. The molecule has 0 aliphatic carbocycles. The summed E-state index contributed by atoms with van der Waals surface area (Å²) in [6.45, 7) is 10.3. The number of nitrogens with zero attached hydrogens (tertiary/aromatic N) is 1. The maximum Gasteiger partial charge on any atom is 0.0300 e. The second-order valence-electron chi connectivity index (χ2n) is 5.73. The Morgan fingerprint density at radius 1 is 1.28 bits per heavy atom. The highest BCUT2D eigenvalue weighted by molar-refractivity contribution is 5.10. The molecule has 2 unspecified atom stereocenters. The summed E-state index contributed by atoms with van der Waals surface area (Å²) in [7, 11) is 0. The molecule has 102 valence electrons. The van der Waals surface area contributed by atoms with Crippen LogP contribution in [0.5, 0.6) is 0 Å². The van der Waals surface area contributed by atoms with Crippen molar-refractivity contribution in [1.29, 1.82) is 0 Å². The van der Waals surface area contributed by atoms with Crippen molar-refractivity contribution in [1.82, 2.24) is 10.3 Å². The second kappa shape index (κ2) is 8.25. The molecule has 0 radical (unpaired) electrons. The average molecular weight is 248 g/mol. The fourth-order valence-electron chi connectivity index (χ4n) is 2.48. The third-order valence-corrected chi connectivity index (χ3v) is 3.37. The van der Waals surface area contributed by atoms with Crippen LogP contribution in [0.15, 0.2) is 24.5 Å². The van der Waals surface area contributed by atoms with E-state index >= 15 is 0 Å². The lowest BCUT2D eigenvalue weighted by atomic mass is 9.88. The molecule has 1 N–H and O–H groups in total. The third kappa shape index (κ3) is 5.63. The minimum Gasteiger partial charge on any atom is -0.313 e. The molecule has 18 heavy (non-hydrogen) atoms. The van der Waals surface area contributed by atoms with Crippen LogP contribution in [-0.2, 0) is 6.42 Å². The van der Waals surface area contributed by atoms with Gasteiger partial charge in [0.1, 0.15) is 0 Å². The van der Waals surface area contributed by atoms with Gasteiger partial charge in [0.25, 0.3) is 0 Å². The van der Waals surface area contributed by atoms with Crippen molar-refractivity contribution in [2.24, 2.45) is 11.8 Å². The van der Waals surface area contributed by atoms with Gasteiger partial charge >= 0.3 is 0 Å². The van der Waals surface area contributed by atoms with Gasteiger partial charge in [0.15, 0.2) is 0 Å². The molecule has 0 fully saturated rings. The lowest BCUT2D eigenvalue weighted by Crippen LogP contribution is -2.38. The Labute approximate surface area is 112 Å². The first-order chi connectivity index (χ1) is 8.63. The zero-order valence-corrected chi connectivity index (χ0v) is 12.3. The molecule has 2 heteroatoms. The van der Waals surface area contributed by atoms with Crippen LogP contribution in [0.25, 0.3) is 0 Å². The van der Waals surface area contributed by atoms with E-state index in [1.165, 1.54) is 18.4 Å². The molecule has 0 aliphatic heterocycles. The summed E-state index contributed by atoms with van der Waals surface area (Å²) in [4.78, 5) is 4.21. The first-order valence-corrected chi connectivity index (χ1v) is 7.25. The summed E-state index contributed by atoms with van der Waals surface area (Å²) >= 11 is 0. The molecule has 0 aromatic carbocycles. The van der Waals surface area contributed by atoms with Crippen molar-refractivity contribution < 1.29 is 0 Å². The maximum atomic E-state index is 4.21. The van der Waals surface area contributed by atoms with Crippen LogP contribution >= 0.6 is 0 Å². The van der Waals surface area contributed by atoms with Gasteiger partial charge in [0.05, 0.1) is 0 Å². The van der Waals surface area contributed by atoms with Gasteiger partial charge in [-0.05, 0) is 49.3 Å². The van der Waals surface area contributed by atoms with Crippen LogP contribution < -0.4 is 5.32 Å². The van der Waals surface area contributed by atoms with E-state index in [0.29, 0.717) is 12.0 Å². The number of nitrogens with one attached hydrogen (secondary N) is 1. The normalized spacial score (nSPS) is 14.7. The van der Waals surface area contributed by atoms with Crippen molar-refractivity contribution in [2.75, 3.05) is 6.54 Å². The predicted octanol–water partition coefficient (Wildman–Crippen LogP) is 3.67. The summed E-state index contributed by atoms with van der Waals surface area (Å²) < 4.78 is 0. The molecule has 0 saturated carbocycles. The molecule has 0 saturated heterocycles. The van der Waals surface area contributed by atoms with Crippen molar-refractivity contribution in [3.63, 3.8) is 0 Å². The van der Waals surface area contributed by atoms with Gasteiger partial charge < -0.3 is 5.32 Å². The zero-order valence-electron chi connectivity index (χ0n) is 12.3. The Kier molecular flexibility index (Phi) is 6.96.